The molecule has 134 valence electrons. The van der Waals surface area contributed by atoms with Crippen LogP contribution in [0.15, 0.2) is 24.3 Å². The van der Waals surface area contributed by atoms with Crippen LogP contribution in [-0.4, -0.2) is 21.7 Å². The molecule has 3 rings (SSSR count). The molecule has 1 aromatic carbocycles. The van der Waals surface area contributed by atoms with E-state index in [1.54, 1.807) is 0 Å². The maximum Gasteiger partial charge on any atom is 0.435 e. The van der Waals surface area contributed by atoms with Crippen molar-refractivity contribution in [2.24, 2.45) is 0 Å². The first kappa shape index (κ1) is 17.4. The van der Waals surface area contributed by atoms with Gasteiger partial charge in [0.15, 0.2) is 5.69 Å². The van der Waals surface area contributed by atoms with Crippen LogP contribution in [-0.2, 0) is 23.9 Å². The number of hydrogen-bond acceptors (Lipinski definition) is 2. The van der Waals surface area contributed by atoms with Gasteiger partial charge in [-0.3, -0.25) is 9.48 Å². The van der Waals surface area contributed by atoms with Crippen LogP contribution in [0.5, 0.6) is 0 Å². The minimum Gasteiger partial charge on any atom is -0.308 e. The van der Waals surface area contributed by atoms with Crippen molar-refractivity contribution in [1.29, 1.82) is 0 Å². The molecule has 0 bridgehead atoms. The summed E-state index contributed by atoms with van der Waals surface area (Å²) in [5, 5.41) is 3.50. The maximum atomic E-state index is 13.4. The van der Waals surface area contributed by atoms with E-state index in [9.17, 15) is 22.4 Å². The van der Waals surface area contributed by atoms with Gasteiger partial charge in [0, 0.05) is 17.4 Å². The Balaban J connectivity index is 1.88. The van der Waals surface area contributed by atoms with Gasteiger partial charge in [-0.05, 0) is 56.5 Å². The van der Waals surface area contributed by atoms with Crippen LogP contribution in [0.4, 0.5) is 23.2 Å². The quantitative estimate of drug-likeness (QED) is 0.770. The van der Waals surface area contributed by atoms with E-state index in [0.29, 0.717) is 18.5 Å². The number of aryl methyl sites for hydroxylation is 2. The summed E-state index contributed by atoms with van der Waals surface area (Å²) in [7, 11) is 0. The van der Waals surface area contributed by atoms with Gasteiger partial charge in [-0.2, -0.15) is 18.3 Å². The van der Waals surface area contributed by atoms with Gasteiger partial charge < -0.3 is 4.90 Å². The molecule has 1 aliphatic heterocycles. The number of benzene rings is 1. The Morgan fingerprint density at radius 3 is 2.68 bits per heavy atom. The minimum absolute atomic E-state index is 0.122. The molecule has 1 amide bonds. The first-order valence-electron chi connectivity index (χ1n) is 7.89. The number of anilines is 1. The number of alkyl halides is 3. The largest absolute Gasteiger partial charge is 0.435 e. The highest BCUT2D eigenvalue weighted by atomic mass is 19.4. The highest BCUT2D eigenvalue weighted by Crippen LogP contribution is 2.32. The van der Waals surface area contributed by atoms with Gasteiger partial charge in [0.2, 0.25) is 5.91 Å². The molecule has 0 saturated heterocycles. The summed E-state index contributed by atoms with van der Waals surface area (Å²) in [4.78, 5) is 14.2. The number of halogens is 4. The van der Waals surface area contributed by atoms with Crippen LogP contribution >= 0.6 is 0 Å². The van der Waals surface area contributed by atoms with E-state index in [4.69, 9.17) is 0 Å². The van der Waals surface area contributed by atoms with Gasteiger partial charge >= 0.3 is 6.18 Å². The lowest BCUT2D eigenvalue weighted by molar-refractivity contribution is -0.141. The van der Waals surface area contributed by atoms with Crippen molar-refractivity contribution in [2.45, 2.75) is 45.5 Å². The Bertz CT molecular complexity index is 813. The fourth-order valence-electron chi connectivity index (χ4n) is 3.11. The second-order valence-corrected chi connectivity index (χ2v) is 6.25. The molecule has 1 atom stereocenters. The number of aromatic nitrogens is 2. The number of hydrogen-bond donors (Lipinski definition) is 0. The Hall–Kier alpha value is -2.38. The number of nitrogens with zero attached hydrogens (tertiary/aromatic N) is 3. The van der Waals surface area contributed by atoms with Crippen molar-refractivity contribution < 1.29 is 22.4 Å². The number of rotatable bonds is 2. The molecule has 0 saturated carbocycles. The third kappa shape index (κ3) is 3.38. The van der Waals surface area contributed by atoms with E-state index in [1.807, 2.05) is 6.92 Å². The molecule has 1 aromatic heterocycles. The average Bonchev–Trinajstić information content (AvgIpc) is 2.88. The van der Waals surface area contributed by atoms with Crippen molar-refractivity contribution in [2.75, 3.05) is 4.90 Å². The highest BCUT2D eigenvalue weighted by Gasteiger charge is 2.35. The summed E-state index contributed by atoms with van der Waals surface area (Å²) in [6.07, 6.45) is -3.24. The predicted octanol–water partition coefficient (Wildman–Crippen LogP) is 3.72. The van der Waals surface area contributed by atoms with Crippen molar-refractivity contribution >= 4 is 11.6 Å². The smallest absolute Gasteiger partial charge is 0.308 e. The summed E-state index contributed by atoms with van der Waals surface area (Å²) in [5.74, 6) is -0.751. The van der Waals surface area contributed by atoms with Crippen molar-refractivity contribution in [1.82, 2.24) is 9.78 Å². The Morgan fingerprint density at radius 2 is 2.04 bits per heavy atom. The molecule has 2 heterocycles. The number of carbonyl (C=O) groups excluding carboxylic acids is 1. The van der Waals surface area contributed by atoms with Gasteiger partial charge in [0.05, 0.1) is 0 Å². The van der Waals surface area contributed by atoms with E-state index in [-0.39, 0.29) is 30.0 Å². The molecular weight excluding hydrogens is 338 g/mol. The van der Waals surface area contributed by atoms with Gasteiger partial charge in [0.1, 0.15) is 12.4 Å². The lowest BCUT2D eigenvalue weighted by Crippen LogP contribution is -2.44. The fraction of sp³-hybridized carbons (Fsp3) is 0.412. The second-order valence-electron chi connectivity index (χ2n) is 6.25. The molecule has 2 aromatic rings. The molecule has 0 spiro atoms. The normalized spacial score (nSPS) is 17.5. The molecule has 8 heteroatoms. The second kappa shape index (κ2) is 6.16. The Labute approximate surface area is 142 Å². The molecule has 0 radical (unpaired) electrons. The lowest BCUT2D eigenvalue weighted by atomic mass is 9.96. The zero-order valence-electron chi connectivity index (χ0n) is 13.8. The van der Waals surface area contributed by atoms with Crippen LogP contribution in [0.1, 0.15) is 30.3 Å². The highest BCUT2D eigenvalue weighted by molar-refractivity contribution is 5.95. The molecule has 1 aliphatic rings. The predicted molar refractivity (Wildman–Crippen MR) is 83.6 cm³/mol. The van der Waals surface area contributed by atoms with Gasteiger partial charge in [0.25, 0.3) is 0 Å². The molecular formula is C17H17F4N3O. The SMILES string of the molecule is Cc1cc(C(F)(F)F)nn1CC(=O)N1c2ccc(F)cc2CCC1C. The Morgan fingerprint density at radius 1 is 1.32 bits per heavy atom. The summed E-state index contributed by atoms with van der Waals surface area (Å²) in [6, 6.07) is 5.00. The lowest BCUT2D eigenvalue weighted by Gasteiger charge is -2.35. The monoisotopic (exact) mass is 355 g/mol. The van der Waals surface area contributed by atoms with Crippen molar-refractivity contribution in [3.8, 4) is 0 Å². The van der Waals surface area contributed by atoms with Gasteiger partial charge in [-0.15, -0.1) is 0 Å². The Kier molecular flexibility index (Phi) is 4.30. The third-order valence-corrected chi connectivity index (χ3v) is 4.40. The number of amides is 1. The summed E-state index contributed by atoms with van der Waals surface area (Å²) >= 11 is 0. The van der Waals surface area contributed by atoms with Crippen molar-refractivity contribution in [3.63, 3.8) is 0 Å². The first-order chi connectivity index (χ1) is 11.7. The van der Waals surface area contributed by atoms with Crippen LogP contribution in [0.3, 0.4) is 0 Å². The van der Waals surface area contributed by atoms with Crippen LogP contribution < -0.4 is 4.90 Å². The molecule has 1 unspecified atom stereocenters. The molecule has 0 aliphatic carbocycles. The standard InChI is InChI=1S/C17H17F4N3O/c1-10-3-4-12-8-13(18)5-6-14(12)24(10)16(25)9-23-11(2)7-15(22-23)17(19,20)21/h5-8,10H,3-4,9H2,1-2H3. The summed E-state index contributed by atoms with van der Waals surface area (Å²) < 4.78 is 52.8. The van der Waals surface area contributed by atoms with E-state index in [2.05, 4.69) is 5.10 Å². The molecule has 0 N–H and O–H groups in total. The van der Waals surface area contributed by atoms with E-state index in [0.717, 1.165) is 16.3 Å². The number of fused-ring (bicyclic) bond motifs is 1. The van der Waals surface area contributed by atoms with Crippen LogP contribution in [0.25, 0.3) is 0 Å². The topological polar surface area (TPSA) is 38.1 Å². The third-order valence-electron chi connectivity index (χ3n) is 4.40. The number of carbonyl (C=O) groups is 1. The zero-order chi connectivity index (χ0) is 18.4. The fourth-order valence-corrected chi connectivity index (χ4v) is 3.11. The summed E-state index contributed by atoms with van der Waals surface area (Å²) in [6.45, 7) is 3.03. The van der Waals surface area contributed by atoms with Gasteiger partial charge in [-0.1, -0.05) is 0 Å². The average molecular weight is 355 g/mol. The maximum absolute atomic E-state index is 13.4. The molecule has 4 nitrogen and oxygen atoms in total. The molecule has 25 heavy (non-hydrogen) atoms. The zero-order valence-corrected chi connectivity index (χ0v) is 13.8. The van der Waals surface area contributed by atoms with E-state index < -0.39 is 11.9 Å². The van der Waals surface area contributed by atoms with E-state index in [1.165, 1.54) is 30.0 Å². The van der Waals surface area contributed by atoms with Crippen LogP contribution in [0, 0.1) is 12.7 Å². The first-order valence-corrected chi connectivity index (χ1v) is 7.89. The summed E-state index contributed by atoms with van der Waals surface area (Å²) in [5.41, 5.74) is 0.558. The molecule has 0 fully saturated rings. The van der Waals surface area contributed by atoms with Crippen LogP contribution in [0.2, 0.25) is 0 Å². The van der Waals surface area contributed by atoms with E-state index >= 15 is 0 Å². The van der Waals surface area contributed by atoms with Gasteiger partial charge in [-0.25, -0.2) is 4.39 Å². The van der Waals surface area contributed by atoms with Crippen molar-refractivity contribution in [3.05, 3.63) is 47.0 Å². The minimum atomic E-state index is -4.55.